The first-order chi connectivity index (χ1) is 16.8. The highest BCUT2D eigenvalue weighted by Gasteiger charge is 2.22. The molecule has 0 aliphatic carbocycles. The quantitative estimate of drug-likeness (QED) is 0.567. The monoisotopic (exact) mass is 490 g/mol. The van der Waals surface area contributed by atoms with E-state index in [1.54, 1.807) is 35.2 Å². The predicted octanol–water partition coefficient (Wildman–Crippen LogP) is 2.51. The Kier molecular flexibility index (Phi) is 7.25. The number of aromatic nitrogens is 2. The Morgan fingerprint density at radius 2 is 1.97 bits per heavy atom. The Labute approximate surface area is 206 Å². The van der Waals surface area contributed by atoms with E-state index < -0.39 is 11.5 Å². The number of rotatable bonds is 5. The highest BCUT2D eigenvalue weighted by Crippen LogP contribution is 2.19. The lowest BCUT2D eigenvalue weighted by atomic mass is 10.1. The number of amides is 2. The number of hydrogen-bond acceptors (Lipinski definition) is 6. The molecule has 2 N–H and O–H groups in total. The summed E-state index contributed by atoms with van der Waals surface area (Å²) in [5.41, 5.74) is 1.67. The average Bonchev–Trinajstić information content (AvgIpc) is 2.85. The number of nitrogens with one attached hydrogen (secondary N) is 2. The second-order valence-electron chi connectivity index (χ2n) is 8.29. The molecule has 1 aliphatic rings. The molecule has 10 heteroatoms. The van der Waals surface area contributed by atoms with Crippen molar-refractivity contribution in [1.82, 2.24) is 20.0 Å². The van der Waals surface area contributed by atoms with Gasteiger partial charge in [-0.05, 0) is 43.3 Å². The minimum Gasteiger partial charge on any atom is -0.336 e. The van der Waals surface area contributed by atoms with Crippen LogP contribution in [0.5, 0.6) is 0 Å². The second kappa shape index (κ2) is 10.5. The van der Waals surface area contributed by atoms with Gasteiger partial charge < -0.3 is 15.5 Å². The van der Waals surface area contributed by atoms with Gasteiger partial charge in [0.2, 0.25) is 5.91 Å². The van der Waals surface area contributed by atoms with Gasteiger partial charge in [0.25, 0.3) is 11.5 Å². The third kappa shape index (κ3) is 5.93. The molecule has 2 heterocycles. The van der Waals surface area contributed by atoms with Crippen molar-refractivity contribution in [2.75, 3.05) is 25.0 Å². The van der Waals surface area contributed by atoms with Crippen LogP contribution < -0.4 is 16.2 Å². The van der Waals surface area contributed by atoms with Crippen LogP contribution in [0.1, 0.15) is 22.8 Å². The van der Waals surface area contributed by atoms with Crippen LogP contribution in [0, 0.1) is 11.3 Å². The van der Waals surface area contributed by atoms with E-state index >= 15 is 0 Å². The summed E-state index contributed by atoms with van der Waals surface area (Å²) in [5, 5.41) is 20.2. The number of halogens is 1. The fourth-order valence-corrected chi connectivity index (χ4v) is 3.99. The summed E-state index contributed by atoms with van der Waals surface area (Å²) in [6.07, 6.45) is 0. The Morgan fingerprint density at radius 3 is 2.69 bits per heavy atom. The molecule has 0 bridgehead atoms. The van der Waals surface area contributed by atoms with Crippen molar-refractivity contribution >= 4 is 29.1 Å². The van der Waals surface area contributed by atoms with Crippen LogP contribution in [0.4, 0.5) is 5.69 Å². The zero-order valence-electron chi connectivity index (χ0n) is 19.0. The summed E-state index contributed by atoms with van der Waals surface area (Å²) in [6, 6.07) is 16.6. The van der Waals surface area contributed by atoms with Crippen LogP contribution in [0.25, 0.3) is 11.3 Å². The molecule has 1 aliphatic heterocycles. The fourth-order valence-electron chi connectivity index (χ4n) is 3.86. The van der Waals surface area contributed by atoms with Crippen molar-refractivity contribution in [3.05, 3.63) is 81.1 Å². The van der Waals surface area contributed by atoms with Gasteiger partial charge in [-0.15, -0.1) is 0 Å². The third-order valence-corrected chi connectivity index (χ3v) is 5.80. The number of nitrogens with zero attached hydrogens (tertiary/aromatic N) is 4. The minimum atomic E-state index is -0.517. The molecule has 0 spiro atoms. The first kappa shape index (κ1) is 24.1. The summed E-state index contributed by atoms with van der Waals surface area (Å²) >= 11 is 5.93. The molecule has 1 aromatic heterocycles. The van der Waals surface area contributed by atoms with Gasteiger partial charge >= 0.3 is 0 Å². The number of piperazine rings is 1. The summed E-state index contributed by atoms with van der Waals surface area (Å²) in [7, 11) is 0. The van der Waals surface area contributed by atoms with E-state index in [1.165, 1.54) is 24.3 Å². The van der Waals surface area contributed by atoms with Crippen molar-refractivity contribution in [2.24, 2.45) is 0 Å². The number of carbonyl (C=O) groups excluding carboxylic acids is 2. The van der Waals surface area contributed by atoms with E-state index in [2.05, 4.69) is 15.7 Å². The summed E-state index contributed by atoms with van der Waals surface area (Å²) in [6.45, 7) is 3.45. The van der Waals surface area contributed by atoms with Gasteiger partial charge in [0.1, 0.15) is 6.54 Å². The predicted molar refractivity (Wildman–Crippen MR) is 132 cm³/mol. The van der Waals surface area contributed by atoms with Crippen LogP contribution in [-0.4, -0.2) is 52.2 Å². The lowest BCUT2D eigenvalue weighted by Crippen LogP contribution is -2.51. The summed E-state index contributed by atoms with van der Waals surface area (Å²) < 4.78 is 1.06. The van der Waals surface area contributed by atoms with Crippen LogP contribution in [-0.2, 0) is 11.3 Å². The average molecular weight is 491 g/mol. The molecule has 0 unspecified atom stereocenters. The number of carbonyl (C=O) groups is 2. The van der Waals surface area contributed by atoms with E-state index in [1.807, 2.05) is 13.0 Å². The Bertz CT molecular complexity index is 1360. The SMILES string of the molecule is C[C@H]1CN(C(=O)c2cc(C#N)cc(NC(=O)Cn3nc(-c4ccc(Cl)cc4)ccc3=O)c2)CCN1. The molecule has 0 saturated carbocycles. The maximum absolute atomic E-state index is 13.0. The smallest absolute Gasteiger partial charge is 0.267 e. The lowest BCUT2D eigenvalue weighted by molar-refractivity contribution is -0.117. The van der Waals surface area contributed by atoms with E-state index in [-0.39, 0.29) is 24.1 Å². The van der Waals surface area contributed by atoms with Gasteiger partial charge in [-0.2, -0.15) is 10.4 Å². The van der Waals surface area contributed by atoms with Gasteiger partial charge in [0.15, 0.2) is 0 Å². The number of benzene rings is 2. The fraction of sp³-hybridized carbons (Fsp3) is 0.240. The molecule has 1 fully saturated rings. The number of hydrogen-bond donors (Lipinski definition) is 2. The third-order valence-electron chi connectivity index (χ3n) is 5.55. The Morgan fingerprint density at radius 1 is 1.20 bits per heavy atom. The maximum atomic E-state index is 13.0. The normalized spacial score (nSPS) is 15.3. The van der Waals surface area contributed by atoms with Gasteiger partial charge in [-0.25, -0.2) is 4.68 Å². The van der Waals surface area contributed by atoms with E-state index in [9.17, 15) is 19.6 Å². The largest absolute Gasteiger partial charge is 0.336 e. The van der Waals surface area contributed by atoms with Gasteiger partial charge in [0, 0.05) is 53.6 Å². The molecule has 3 aromatic rings. The standard InChI is InChI=1S/C25H23ClN6O3/c1-16-14-31(9-8-28-16)25(35)19-10-17(13-27)11-21(12-19)29-23(33)15-32-24(34)7-6-22(30-32)18-2-4-20(26)5-3-18/h2-7,10-12,16,28H,8-9,14-15H2,1H3,(H,29,33)/t16-/m0/s1. The molecule has 4 rings (SSSR count). The zero-order chi connectivity index (χ0) is 24.9. The lowest BCUT2D eigenvalue weighted by Gasteiger charge is -2.32. The van der Waals surface area contributed by atoms with Crippen LogP contribution >= 0.6 is 11.6 Å². The molecular weight excluding hydrogens is 468 g/mol. The van der Waals surface area contributed by atoms with Crippen molar-refractivity contribution in [3.63, 3.8) is 0 Å². The molecule has 2 aromatic carbocycles. The van der Waals surface area contributed by atoms with Crippen molar-refractivity contribution < 1.29 is 9.59 Å². The number of nitriles is 1. The molecule has 2 amide bonds. The van der Waals surface area contributed by atoms with E-state index in [4.69, 9.17) is 11.6 Å². The topological polar surface area (TPSA) is 120 Å². The Balaban J connectivity index is 1.52. The minimum absolute atomic E-state index is 0.167. The van der Waals surface area contributed by atoms with E-state index in [0.29, 0.717) is 41.6 Å². The summed E-state index contributed by atoms with van der Waals surface area (Å²) in [4.78, 5) is 39.7. The molecule has 1 saturated heterocycles. The first-order valence-corrected chi connectivity index (χ1v) is 11.4. The van der Waals surface area contributed by atoms with Crippen LogP contribution in [0.2, 0.25) is 5.02 Å². The van der Waals surface area contributed by atoms with Gasteiger partial charge in [0.05, 0.1) is 17.3 Å². The molecule has 9 nitrogen and oxygen atoms in total. The molecule has 0 radical (unpaired) electrons. The van der Waals surface area contributed by atoms with Crippen LogP contribution in [0.15, 0.2) is 59.4 Å². The highest BCUT2D eigenvalue weighted by molar-refractivity contribution is 6.30. The van der Waals surface area contributed by atoms with Gasteiger partial charge in [-0.3, -0.25) is 14.4 Å². The second-order valence-corrected chi connectivity index (χ2v) is 8.72. The van der Waals surface area contributed by atoms with Crippen molar-refractivity contribution in [1.29, 1.82) is 5.26 Å². The molecule has 1 atom stereocenters. The number of anilines is 1. The van der Waals surface area contributed by atoms with Gasteiger partial charge in [-0.1, -0.05) is 23.7 Å². The maximum Gasteiger partial charge on any atom is 0.267 e. The summed E-state index contributed by atoms with van der Waals surface area (Å²) in [5.74, 6) is -0.725. The Hall–Kier alpha value is -4.00. The molecule has 35 heavy (non-hydrogen) atoms. The van der Waals surface area contributed by atoms with Crippen molar-refractivity contribution in [3.8, 4) is 17.3 Å². The van der Waals surface area contributed by atoms with Crippen molar-refractivity contribution in [2.45, 2.75) is 19.5 Å². The highest BCUT2D eigenvalue weighted by atomic mass is 35.5. The zero-order valence-corrected chi connectivity index (χ0v) is 19.7. The molecular formula is C25H23ClN6O3. The first-order valence-electron chi connectivity index (χ1n) is 11.0. The molecule has 178 valence electrons. The van der Waals surface area contributed by atoms with E-state index in [0.717, 1.165) is 10.2 Å². The van der Waals surface area contributed by atoms with Crippen LogP contribution in [0.3, 0.4) is 0 Å².